The van der Waals surface area contributed by atoms with Crippen LogP contribution in [-0.2, 0) is 14.3 Å². The van der Waals surface area contributed by atoms with Crippen molar-refractivity contribution < 1.29 is 14.3 Å². The van der Waals surface area contributed by atoms with Gasteiger partial charge in [-0.05, 0) is 42.3 Å². The lowest BCUT2D eigenvalue weighted by atomic mass is 10.1. The van der Waals surface area contributed by atoms with Gasteiger partial charge in [-0.25, -0.2) is 0 Å². The number of nitrogens with one attached hydrogen (secondary N) is 1. The minimum absolute atomic E-state index is 0.0102. The normalized spacial score (nSPS) is 17.0. The predicted molar refractivity (Wildman–Crippen MR) is 101 cm³/mol. The number of carbonyl (C=O) groups excluding carboxylic acids is 2. The van der Waals surface area contributed by atoms with Crippen LogP contribution in [0.25, 0.3) is 0 Å². The Balaban J connectivity index is 1.87. The van der Waals surface area contributed by atoms with Crippen molar-refractivity contribution in [3.8, 4) is 0 Å². The highest BCUT2D eigenvalue weighted by Gasteiger charge is 2.34. The summed E-state index contributed by atoms with van der Waals surface area (Å²) >= 11 is 1.59. The van der Waals surface area contributed by atoms with Gasteiger partial charge in [-0.1, -0.05) is 24.3 Å². The molecule has 0 spiro atoms. The minimum Gasteiger partial charge on any atom is -0.375 e. The lowest BCUT2D eigenvalue weighted by Crippen LogP contribution is -2.28. The van der Waals surface area contributed by atoms with Gasteiger partial charge in [0.1, 0.15) is 12.0 Å². The van der Waals surface area contributed by atoms with Crippen LogP contribution < -0.4 is 10.2 Å². The molecule has 0 aromatic heterocycles. The molecule has 3 rings (SSSR count). The summed E-state index contributed by atoms with van der Waals surface area (Å²) in [6.45, 7) is 2.02. The largest absolute Gasteiger partial charge is 0.375 e. The van der Waals surface area contributed by atoms with Crippen LogP contribution in [0.3, 0.4) is 0 Å². The van der Waals surface area contributed by atoms with Gasteiger partial charge in [-0.15, -0.1) is 11.8 Å². The Hall–Kier alpha value is -2.31. The number of thioether (sulfide) groups is 1. The molecule has 1 aliphatic rings. The highest BCUT2D eigenvalue weighted by Crippen LogP contribution is 2.42. The first-order chi connectivity index (χ1) is 12.1. The first-order valence-corrected chi connectivity index (χ1v) is 9.02. The Labute approximate surface area is 151 Å². The van der Waals surface area contributed by atoms with Crippen LogP contribution in [0.15, 0.2) is 48.5 Å². The predicted octanol–water partition coefficient (Wildman–Crippen LogP) is 3.36. The van der Waals surface area contributed by atoms with Crippen molar-refractivity contribution in [2.45, 2.75) is 12.3 Å². The summed E-state index contributed by atoms with van der Waals surface area (Å²) in [5.41, 5.74) is 3.69. The number of carbonyl (C=O) groups is 2. The Morgan fingerprint density at radius 2 is 2.08 bits per heavy atom. The highest BCUT2D eigenvalue weighted by atomic mass is 32.2. The van der Waals surface area contributed by atoms with E-state index in [4.69, 9.17) is 4.74 Å². The second-order valence-corrected chi connectivity index (χ2v) is 6.94. The summed E-state index contributed by atoms with van der Waals surface area (Å²) in [6.07, 6.45) is 0. The van der Waals surface area contributed by atoms with E-state index in [0.717, 1.165) is 16.8 Å². The Morgan fingerprint density at radius 1 is 1.28 bits per heavy atom. The van der Waals surface area contributed by atoms with Crippen molar-refractivity contribution in [2.75, 3.05) is 29.7 Å². The zero-order valence-corrected chi connectivity index (χ0v) is 15.0. The molecule has 0 radical (unpaired) electrons. The molecule has 1 fully saturated rings. The smallest absolute Gasteiger partial charge is 0.250 e. The van der Waals surface area contributed by atoms with E-state index in [1.165, 1.54) is 7.11 Å². The van der Waals surface area contributed by atoms with E-state index < -0.39 is 0 Å². The number of aryl methyl sites for hydroxylation is 1. The Morgan fingerprint density at radius 3 is 2.84 bits per heavy atom. The topological polar surface area (TPSA) is 58.6 Å². The zero-order chi connectivity index (χ0) is 17.8. The summed E-state index contributed by atoms with van der Waals surface area (Å²) < 4.78 is 4.84. The number of hydrogen-bond donors (Lipinski definition) is 1. The Bertz CT molecular complexity index is 794. The van der Waals surface area contributed by atoms with Gasteiger partial charge in [0.15, 0.2) is 0 Å². The lowest BCUT2D eigenvalue weighted by molar-refractivity contribution is -0.119. The lowest BCUT2D eigenvalue weighted by Gasteiger charge is -2.25. The molecule has 1 heterocycles. The van der Waals surface area contributed by atoms with Gasteiger partial charge < -0.3 is 10.1 Å². The molecule has 1 saturated heterocycles. The van der Waals surface area contributed by atoms with Gasteiger partial charge in [-0.2, -0.15) is 0 Å². The fraction of sp³-hybridized carbons (Fsp3) is 0.263. The molecular weight excluding hydrogens is 336 g/mol. The number of nitrogens with zero attached hydrogens (tertiary/aromatic N) is 1. The van der Waals surface area contributed by atoms with E-state index in [1.54, 1.807) is 11.8 Å². The molecule has 5 nitrogen and oxygen atoms in total. The molecule has 1 aliphatic heterocycles. The molecule has 2 amide bonds. The third-order valence-corrected chi connectivity index (χ3v) is 5.09. The molecule has 0 saturated carbocycles. The number of anilines is 2. The first-order valence-electron chi connectivity index (χ1n) is 7.97. The Kier molecular flexibility index (Phi) is 5.40. The van der Waals surface area contributed by atoms with Crippen LogP contribution in [-0.4, -0.2) is 31.3 Å². The minimum atomic E-state index is -0.203. The van der Waals surface area contributed by atoms with Crippen LogP contribution in [0.5, 0.6) is 0 Å². The quantitative estimate of drug-likeness (QED) is 0.892. The molecule has 1 atom stereocenters. The summed E-state index contributed by atoms with van der Waals surface area (Å²) in [7, 11) is 1.48. The van der Waals surface area contributed by atoms with E-state index in [0.29, 0.717) is 11.4 Å². The van der Waals surface area contributed by atoms with Crippen molar-refractivity contribution >= 4 is 35.0 Å². The monoisotopic (exact) mass is 356 g/mol. The molecule has 2 aromatic rings. The molecule has 1 N–H and O–H groups in total. The zero-order valence-electron chi connectivity index (χ0n) is 14.2. The van der Waals surface area contributed by atoms with Crippen molar-refractivity contribution in [3.63, 3.8) is 0 Å². The van der Waals surface area contributed by atoms with Crippen molar-refractivity contribution in [2.24, 2.45) is 0 Å². The van der Waals surface area contributed by atoms with Crippen molar-refractivity contribution in [1.29, 1.82) is 0 Å². The van der Waals surface area contributed by atoms with E-state index in [2.05, 4.69) is 5.32 Å². The van der Waals surface area contributed by atoms with E-state index in [9.17, 15) is 9.59 Å². The molecule has 0 bridgehead atoms. The molecule has 0 aliphatic carbocycles. The second kappa shape index (κ2) is 7.72. The van der Waals surface area contributed by atoms with Crippen molar-refractivity contribution in [1.82, 2.24) is 0 Å². The van der Waals surface area contributed by atoms with Crippen LogP contribution in [0.1, 0.15) is 16.5 Å². The van der Waals surface area contributed by atoms with Crippen molar-refractivity contribution in [3.05, 3.63) is 59.7 Å². The first kappa shape index (κ1) is 17.5. The fourth-order valence-electron chi connectivity index (χ4n) is 2.83. The standard InChI is InChI=1S/C19H20N2O3S/c1-13-5-3-8-16(9-13)21-18(23)12-25-19(21)14-6-4-7-15(10-14)20-17(22)11-24-2/h3-10,19H,11-12H2,1-2H3,(H,20,22)/t19-/m0/s1. The van der Waals surface area contributed by atoms with Gasteiger partial charge in [0.2, 0.25) is 11.8 Å². The van der Waals surface area contributed by atoms with Crippen LogP contribution in [0, 0.1) is 6.92 Å². The third-order valence-electron chi connectivity index (χ3n) is 3.88. The molecule has 6 heteroatoms. The third kappa shape index (κ3) is 4.03. The molecule has 0 unspecified atom stereocenters. The van der Waals surface area contributed by atoms with Gasteiger partial charge >= 0.3 is 0 Å². The molecule has 2 aromatic carbocycles. The SMILES string of the molecule is COCC(=O)Nc1cccc([C@@H]2SCC(=O)N2c2cccc(C)c2)c1. The van der Waals surface area contributed by atoms with Gasteiger partial charge in [0.05, 0.1) is 5.75 Å². The van der Waals surface area contributed by atoms with Crippen LogP contribution in [0.2, 0.25) is 0 Å². The highest BCUT2D eigenvalue weighted by molar-refractivity contribution is 8.00. The molecule has 25 heavy (non-hydrogen) atoms. The number of hydrogen-bond acceptors (Lipinski definition) is 4. The number of benzene rings is 2. The number of amides is 2. The van der Waals surface area contributed by atoms with E-state index >= 15 is 0 Å². The maximum Gasteiger partial charge on any atom is 0.250 e. The summed E-state index contributed by atoms with van der Waals surface area (Å²) in [4.78, 5) is 26.0. The number of rotatable bonds is 5. The van der Waals surface area contributed by atoms with Gasteiger partial charge in [0, 0.05) is 18.5 Å². The number of methoxy groups -OCH3 is 1. The number of ether oxygens (including phenoxy) is 1. The van der Waals surface area contributed by atoms with Gasteiger partial charge in [-0.3, -0.25) is 14.5 Å². The molecular formula is C19H20N2O3S. The van der Waals surface area contributed by atoms with Gasteiger partial charge in [0.25, 0.3) is 0 Å². The second-order valence-electron chi connectivity index (χ2n) is 5.87. The summed E-state index contributed by atoms with van der Waals surface area (Å²) in [5, 5.41) is 2.70. The average molecular weight is 356 g/mol. The summed E-state index contributed by atoms with van der Waals surface area (Å²) in [6, 6.07) is 15.5. The maximum absolute atomic E-state index is 12.4. The maximum atomic E-state index is 12.4. The van der Waals surface area contributed by atoms with E-state index in [1.807, 2.05) is 60.4 Å². The van der Waals surface area contributed by atoms with Crippen LogP contribution in [0.4, 0.5) is 11.4 Å². The average Bonchev–Trinajstić information content (AvgIpc) is 2.97. The molecule has 130 valence electrons. The summed E-state index contributed by atoms with van der Waals surface area (Å²) in [5.74, 6) is 0.332. The fourth-order valence-corrected chi connectivity index (χ4v) is 3.99. The van der Waals surface area contributed by atoms with Crippen LogP contribution >= 0.6 is 11.8 Å². The van der Waals surface area contributed by atoms with E-state index in [-0.39, 0.29) is 23.8 Å².